The van der Waals surface area contributed by atoms with Gasteiger partial charge in [-0.25, -0.2) is 0 Å². The topological polar surface area (TPSA) is 52.1 Å². The quantitative estimate of drug-likeness (QED) is 0.492. The van der Waals surface area contributed by atoms with Gasteiger partial charge in [-0.3, -0.25) is 9.89 Å². The van der Waals surface area contributed by atoms with Crippen molar-refractivity contribution in [3.8, 4) is 5.75 Å². The van der Waals surface area contributed by atoms with E-state index in [-0.39, 0.29) is 0 Å². The van der Waals surface area contributed by atoms with Crippen molar-refractivity contribution in [3.63, 3.8) is 0 Å². The molecule has 29 heavy (non-hydrogen) atoms. The van der Waals surface area contributed by atoms with Gasteiger partial charge in [0.05, 0.1) is 19.7 Å². The second kappa shape index (κ2) is 11.4. The van der Waals surface area contributed by atoms with Gasteiger partial charge in [0.15, 0.2) is 5.96 Å². The molecule has 0 aromatic heterocycles. The number of methoxy groups -OCH3 is 1. The number of aliphatic imine (C=N–C) groups is 1. The number of hydrogen-bond donors (Lipinski definition) is 2. The van der Waals surface area contributed by atoms with Crippen LogP contribution >= 0.6 is 0 Å². The molecular weight excluding hydrogens is 362 g/mol. The molecule has 2 heterocycles. The Morgan fingerprint density at radius 3 is 2.72 bits per heavy atom. The zero-order valence-corrected chi connectivity index (χ0v) is 18.5. The Labute approximate surface area is 176 Å². The van der Waals surface area contributed by atoms with Gasteiger partial charge in [-0.2, -0.15) is 0 Å². The number of nitrogens with one attached hydrogen (secondary N) is 2. The maximum absolute atomic E-state index is 5.46. The number of nitrogens with zero attached hydrogens (tertiary/aromatic N) is 3. The van der Waals surface area contributed by atoms with Crippen molar-refractivity contribution in [1.82, 2.24) is 20.4 Å². The van der Waals surface area contributed by atoms with Gasteiger partial charge in [-0.1, -0.05) is 19.1 Å². The van der Waals surface area contributed by atoms with E-state index in [1.54, 1.807) is 7.11 Å². The van der Waals surface area contributed by atoms with Crippen LogP contribution in [0.2, 0.25) is 0 Å². The van der Waals surface area contributed by atoms with Gasteiger partial charge in [0.25, 0.3) is 0 Å². The zero-order chi connectivity index (χ0) is 20.5. The van der Waals surface area contributed by atoms with E-state index >= 15 is 0 Å². The monoisotopic (exact) mass is 401 g/mol. The van der Waals surface area contributed by atoms with Gasteiger partial charge in [0.1, 0.15) is 5.75 Å². The van der Waals surface area contributed by atoms with E-state index in [1.807, 2.05) is 6.07 Å². The predicted octanol–water partition coefficient (Wildman–Crippen LogP) is 2.73. The molecule has 162 valence electrons. The highest BCUT2D eigenvalue weighted by Crippen LogP contribution is 2.28. The molecule has 2 atom stereocenters. The standard InChI is InChI=1S/C23H39N5O/c1-4-24-23(25-16-19-11-14-27(5-2)18-19)26-17-22(28-12-6-7-13-28)20-9-8-10-21(15-20)29-3/h8-10,15,19,22H,4-7,11-14,16-18H2,1-3H3,(H2,24,25,26). The van der Waals surface area contributed by atoms with Gasteiger partial charge in [-0.05, 0) is 76.0 Å². The fourth-order valence-corrected chi connectivity index (χ4v) is 4.46. The third kappa shape index (κ3) is 6.34. The van der Waals surface area contributed by atoms with E-state index in [0.717, 1.165) is 51.0 Å². The van der Waals surface area contributed by atoms with E-state index in [4.69, 9.17) is 9.73 Å². The minimum atomic E-state index is 0.296. The van der Waals surface area contributed by atoms with Crippen molar-refractivity contribution in [2.45, 2.75) is 39.2 Å². The highest BCUT2D eigenvalue weighted by molar-refractivity contribution is 5.79. The van der Waals surface area contributed by atoms with Gasteiger partial charge < -0.3 is 20.3 Å². The number of likely N-dealkylation sites (tertiary alicyclic amines) is 2. The van der Waals surface area contributed by atoms with Crippen molar-refractivity contribution >= 4 is 5.96 Å². The van der Waals surface area contributed by atoms with Crippen LogP contribution in [0.1, 0.15) is 44.7 Å². The molecule has 1 aromatic carbocycles. The minimum absolute atomic E-state index is 0.296. The van der Waals surface area contributed by atoms with Crippen LogP contribution in [0.15, 0.2) is 29.3 Å². The fraction of sp³-hybridized carbons (Fsp3) is 0.696. The Morgan fingerprint density at radius 2 is 2.03 bits per heavy atom. The van der Waals surface area contributed by atoms with Gasteiger partial charge >= 0.3 is 0 Å². The first kappa shape index (κ1) is 21.9. The zero-order valence-electron chi connectivity index (χ0n) is 18.5. The van der Waals surface area contributed by atoms with E-state index in [0.29, 0.717) is 12.0 Å². The lowest BCUT2D eigenvalue weighted by Crippen LogP contribution is -2.41. The summed E-state index contributed by atoms with van der Waals surface area (Å²) in [6.45, 7) is 12.9. The van der Waals surface area contributed by atoms with E-state index < -0.39 is 0 Å². The summed E-state index contributed by atoms with van der Waals surface area (Å²) in [5, 5.41) is 7.03. The molecule has 3 rings (SSSR count). The second-order valence-corrected chi connectivity index (χ2v) is 8.18. The van der Waals surface area contributed by atoms with Crippen molar-refractivity contribution in [1.29, 1.82) is 0 Å². The van der Waals surface area contributed by atoms with E-state index in [9.17, 15) is 0 Å². The Hall–Kier alpha value is -1.79. The molecule has 6 heteroatoms. The summed E-state index contributed by atoms with van der Waals surface area (Å²) in [6.07, 6.45) is 3.83. The molecule has 0 bridgehead atoms. The maximum Gasteiger partial charge on any atom is 0.191 e. The third-order valence-electron chi connectivity index (χ3n) is 6.20. The summed E-state index contributed by atoms with van der Waals surface area (Å²) >= 11 is 0. The first-order valence-corrected chi connectivity index (χ1v) is 11.4. The molecule has 0 aliphatic carbocycles. The number of rotatable bonds is 9. The Morgan fingerprint density at radius 1 is 1.21 bits per heavy atom. The molecule has 2 saturated heterocycles. The number of guanidine groups is 1. The largest absolute Gasteiger partial charge is 0.497 e. The molecule has 2 aliphatic rings. The lowest BCUT2D eigenvalue weighted by Gasteiger charge is -2.27. The average molecular weight is 402 g/mol. The van der Waals surface area contributed by atoms with Crippen molar-refractivity contribution < 1.29 is 4.74 Å². The lowest BCUT2D eigenvalue weighted by atomic mass is 10.1. The Kier molecular flexibility index (Phi) is 8.62. The first-order valence-electron chi connectivity index (χ1n) is 11.4. The van der Waals surface area contributed by atoms with E-state index in [2.05, 4.69) is 52.5 Å². The van der Waals surface area contributed by atoms with Crippen LogP contribution in [-0.4, -0.2) is 75.2 Å². The van der Waals surface area contributed by atoms with Crippen LogP contribution in [0.3, 0.4) is 0 Å². The maximum atomic E-state index is 5.46. The molecule has 0 radical (unpaired) electrons. The average Bonchev–Trinajstić information content (AvgIpc) is 3.44. The highest BCUT2D eigenvalue weighted by atomic mass is 16.5. The molecular formula is C23H39N5O. The van der Waals surface area contributed by atoms with Crippen LogP contribution < -0.4 is 15.4 Å². The first-order chi connectivity index (χ1) is 14.2. The SMILES string of the molecule is CCNC(=NCC(c1cccc(OC)c1)N1CCCC1)NCC1CCN(CC)C1. The van der Waals surface area contributed by atoms with Crippen LogP contribution in [0.4, 0.5) is 0 Å². The summed E-state index contributed by atoms with van der Waals surface area (Å²) < 4.78 is 5.46. The fourth-order valence-electron chi connectivity index (χ4n) is 4.46. The molecule has 2 fully saturated rings. The summed E-state index contributed by atoms with van der Waals surface area (Å²) in [5.41, 5.74) is 1.29. The molecule has 2 N–H and O–H groups in total. The lowest BCUT2D eigenvalue weighted by molar-refractivity contribution is 0.251. The summed E-state index contributed by atoms with van der Waals surface area (Å²) in [4.78, 5) is 10.1. The highest BCUT2D eigenvalue weighted by Gasteiger charge is 2.24. The van der Waals surface area contributed by atoms with Gasteiger partial charge in [-0.15, -0.1) is 0 Å². The van der Waals surface area contributed by atoms with Crippen LogP contribution in [-0.2, 0) is 0 Å². The van der Waals surface area contributed by atoms with Gasteiger partial charge in [0.2, 0.25) is 0 Å². The predicted molar refractivity (Wildman–Crippen MR) is 121 cm³/mol. The Bertz CT molecular complexity index is 644. The van der Waals surface area contributed by atoms with Crippen molar-refractivity contribution in [2.24, 2.45) is 10.9 Å². The van der Waals surface area contributed by atoms with Gasteiger partial charge in [0, 0.05) is 19.6 Å². The number of hydrogen-bond acceptors (Lipinski definition) is 4. The number of ether oxygens (including phenoxy) is 1. The molecule has 1 aromatic rings. The summed E-state index contributed by atoms with van der Waals surface area (Å²) in [7, 11) is 1.73. The van der Waals surface area contributed by atoms with Crippen LogP contribution in [0, 0.1) is 5.92 Å². The van der Waals surface area contributed by atoms with Crippen LogP contribution in [0.25, 0.3) is 0 Å². The van der Waals surface area contributed by atoms with Crippen molar-refractivity contribution in [2.75, 3.05) is 59.5 Å². The molecule has 6 nitrogen and oxygen atoms in total. The second-order valence-electron chi connectivity index (χ2n) is 8.18. The molecule has 0 saturated carbocycles. The summed E-state index contributed by atoms with van der Waals surface area (Å²) in [5.74, 6) is 2.57. The normalized spacial score (nSPS) is 22.0. The van der Waals surface area contributed by atoms with E-state index in [1.165, 1.54) is 37.9 Å². The molecule has 0 amide bonds. The number of benzene rings is 1. The van der Waals surface area contributed by atoms with Crippen molar-refractivity contribution in [3.05, 3.63) is 29.8 Å². The molecule has 2 aliphatic heterocycles. The van der Waals surface area contributed by atoms with Crippen LogP contribution in [0.5, 0.6) is 5.75 Å². The molecule has 0 spiro atoms. The molecule has 2 unspecified atom stereocenters. The third-order valence-corrected chi connectivity index (χ3v) is 6.20. The summed E-state index contributed by atoms with van der Waals surface area (Å²) in [6, 6.07) is 8.77. The smallest absolute Gasteiger partial charge is 0.191 e. The Balaban J connectivity index is 1.65. The minimum Gasteiger partial charge on any atom is -0.497 e.